The first kappa shape index (κ1) is 35.8. The lowest BCUT2D eigenvalue weighted by Gasteiger charge is -2.22. The van der Waals surface area contributed by atoms with Crippen molar-refractivity contribution in [1.82, 2.24) is 4.58 Å². The van der Waals surface area contributed by atoms with Crippen LogP contribution in [0.1, 0.15) is 35.3 Å². The van der Waals surface area contributed by atoms with Crippen molar-refractivity contribution in [2.24, 2.45) is 0 Å². The first-order chi connectivity index (χ1) is 24.6. The van der Waals surface area contributed by atoms with Gasteiger partial charge in [0.1, 0.15) is 18.0 Å². The van der Waals surface area contributed by atoms with E-state index >= 15 is 0 Å². The predicted molar refractivity (Wildman–Crippen MR) is 196 cm³/mol. The lowest BCUT2D eigenvalue weighted by molar-refractivity contribution is -0.255. The maximum Gasteiger partial charge on any atom is 0.302 e. The summed E-state index contributed by atoms with van der Waals surface area (Å²) in [6.45, 7) is 8.41. The van der Waals surface area contributed by atoms with E-state index in [1.165, 1.54) is 6.92 Å². The topological polar surface area (TPSA) is 123 Å². The molecule has 1 N–H and O–H groups in total. The van der Waals surface area contributed by atoms with Crippen LogP contribution >= 0.6 is 0 Å². The minimum absolute atomic E-state index is 0.0957. The molecular weight excluding hydrogens is 644 g/mol. The number of carboxylic acid groups (broad SMARTS) is 2. The van der Waals surface area contributed by atoms with E-state index in [1.807, 2.05) is 83.8 Å². The molecule has 258 valence electrons. The van der Waals surface area contributed by atoms with E-state index in [4.69, 9.17) is 19.1 Å². The number of esters is 1. The summed E-state index contributed by atoms with van der Waals surface area (Å²) >= 11 is 0. The van der Waals surface area contributed by atoms with E-state index in [0.29, 0.717) is 36.5 Å². The largest absolute Gasteiger partial charge is 0.545 e. The van der Waals surface area contributed by atoms with Crippen molar-refractivity contribution < 1.29 is 33.8 Å². The summed E-state index contributed by atoms with van der Waals surface area (Å²) in [5.74, 6) is -1.84. The van der Waals surface area contributed by atoms with Gasteiger partial charge in [-0.2, -0.15) is 0 Å². The first-order valence-electron chi connectivity index (χ1n) is 16.3. The molecule has 1 aliphatic heterocycles. The minimum Gasteiger partial charge on any atom is -0.545 e. The molecule has 0 aromatic heterocycles. The molecule has 9 heteroatoms. The molecule has 0 amide bonds. The van der Waals surface area contributed by atoms with Crippen LogP contribution in [-0.2, 0) is 27.4 Å². The number of aliphatic carboxylic acids is 1. The van der Waals surface area contributed by atoms with Gasteiger partial charge in [0.05, 0.1) is 12.0 Å². The first-order valence-corrected chi connectivity index (χ1v) is 16.3. The Bertz CT molecular complexity index is 2200. The second-order valence-corrected chi connectivity index (χ2v) is 11.7. The van der Waals surface area contributed by atoms with Crippen LogP contribution in [0.2, 0.25) is 0 Å². The van der Waals surface area contributed by atoms with Gasteiger partial charge in [-0.05, 0) is 35.5 Å². The summed E-state index contributed by atoms with van der Waals surface area (Å²) in [5, 5.41) is 21.3. The van der Waals surface area contributed by atoms with Crippen molar-refractivity contribution in [3.63, 3.8) is 0 Å². The Labute approximate surface area is 296 Å². The number of anilines is 1. The maximum atomic E-state index is 12.3. The lowest BCUT2D eigenvalue weighted by Crippen LogP contribution is -2.33. The highest BCUT2D eigenvalue weighted by atomic mass is 16.5. The Balaban J connectivity index is 0.00000120. The highest BCUT2D eigenvalue weighted by molar-refractivity contribution is 6.07. The lowest BCUT2D eigenvalue weighted by atomic mass is 9.90. The summed E-state index contributed by atoms with van der Waals surface area (Å²) in [4.78, 5) is 34.9. The summed E-state index contributed by atoms with van der Waals surface area (Å²) in [6.07, 6.45) is 1.78. The fourth-order valence-electron chi connectivity index (χ4n) is 5.86. The average Bonchev–Trinajstić information content (AvgIpc) is 3.12. The van der Waals surface area contributed by atoms with Crippen LogP contribution < -0.4 is 19.9 Å². The Hall–Kier alpha value is -6.48. The molecule has 4 aromatic rings. The highest BCUT2D eigenvalue weighted by Gasteiger charge is 2.22. The van der Waals surface area contributed by atoms with Crippen LogP contribution in [0.15, 0.2) is 139 Å². The molecule has 0 unspecified atom stereocenters. The van der Waals surface area contributed by atoms with Gasteiger partial charge >= 0.3 is 5.97 Å². The van der Waals surface area contributed by atoms with Crippen molar-refractivity contribution in [3.05, 3.63) is 156 Å². The van der Waals surface area contributed by atoms with E-state index in [0.717, 1.165) is 45.6 Å². The van der Waals surface area contributed by atoms with Crippen LogP contribution in [-0.4, -0.2) is 36.2 Å². The SMILES string of the molecule is C=CN(Cc1ccccc1)c1ccc2c(-c3ccccc3C(=O)[O-])c3ccc(=[N+](CCOC(C)=O)Cc4ccccc4)cc-3oc2c1.CC(=O)O. The number of benzene rings is 5. The molecule has 2 aliphatic rings. The van der Waals surface area contributed by atoms with Crippen LogP contribution in [0.25, 0.3) is 33.4 Å². The number of carbonyl (C=O) groups is 3. The van der Waals surface area contributed by atoms with Gasteiger partial charge in [-0.25, -0.2) is 4.58 Å². The molecule has 0 fully saturated rings. The van der Waals surface area contributed by atoms with E-state index in [1.54, 1.807) is 24.4 Å². The van der Waals surface area contributed by atoms with Crippen LogP contribution in [0.4, 0.5) is 5.69 Å². The molecule has 1 heterocycles. The van der Waals surface area contributed by atoms with Gasteiger partial charge in [0.25, 0.3) is 5.97 Å². The fourth-order valence-corrected chi connectivity index (χ4v) is 5.86. The van der Waals surface area contributed by atoms with Gasteiger partial charge in [0.15, 0.2) is 13.1 Å². The van der Waals surface area contributed by atoms with E-state index < -0.39 is 11.9 Å². The maximum absolute atomic E-state index is 12.3. The third kappa shape index (κ3) is 9.16. The Kier molecular flexibility index (Phi) is 11.8. The van der Waals surface area contributed by atoms with Gasteiger partial charge in [-0.15, -0.1) is 0 Å². The second-order valence-electron chi connectivity index (χ2n) is 11.7. The molecular formula is C42H38N2O7. The van der Waals surface area contributed by atoms with Crippen molar-refractivity contribution in [3.8, 4) is 22.5 Å². The zero-order valence-corrected chi connectivity index (χ0v) is 28.5. The van der Waals surface area contributed by atoms with Gasteiger partial charge in [0, 0.05) is 65.9 Å². The summed E-state index contributed by atoms with van der Waals surface area (Å²) in [5.41, 5.74) is 5.82. The Morgan fingerprint density at radius 2 is 1.49 bits per heavy atom. The van der Waals surface area contributed by atoms with Gasteiger partial charge in [-0.3, -0.25) is 9.59 Å². The zero-order valence-electron chi connectivity index (χ0n) is 28.5. The number of ether oxygens (including phenoxy) is 1. The molecule has 0 atom stereocenters. The van der Waals surface area contributed by atoms with Gasteiger partial charge < -0.3 is 29.1 Å². The number of hydrogen-bond donors (Lipinski definition) is 1. The molecule has 4 aromatic carbocycles. The number of hydrogen-bond acceptors (Lipinski definition) is 7. The molecule has 9 nitrogen and oxygen atoms in total. The summed E-state index contributed by atoms with van der Waals surface area (Å²) in [6, 6.07) is 38.9. The molecule has 0 spiro atoms. The minimum atomic E-state index is -1.25. The second kappa shape index (κ2) is 16.8. The normalized spacial score (nSPS) is 11.3. The summed E-state index contributed by atoms with van der Waals surface area (Å²) < 4.78 is 14.1. The summed E-state index contributed by atoms with van der Waals surface area (Å²) in [7, 11) is 0. The number of nitrogens with zero attached hydrogens (tertiary/aromatic N) is 2. The Morgan fingerprint density at radius 3 is 2.14 bits per heavy atom. The number of carboxylic acids is 2. The van der Waals surface area contributed by atoms with Crippen molar-refractivity contribution in [2.75, 3.05) is 18.1 Å². The fraction of sp³-hybridized carbons (Fsp3) is 0.143. The standard InChI is InChI=1S/C40H34N2O5.C2H4O2/c1-3-41(26-29-12-6-4-7-13-29)31-18-20-35-37(24-31)47-38-25-32(42(22-23-46-28(2)43)27-30-14-8-5-9-15-30)19-21-36(38)39(35)33-16-10-11-17-34(33)40(44)45;1-2(3)4/h3-21,24-25H,1,22-23,26-27H2,2H3;1H3,(H,3,4). The van der Waals surface area contributed by atoms with Crippen molar-refractivity contribution in [2.45, 2.75) is 26.9 Å². The monoisotopic (exact) mass is 682 g/mol. The number of aromatic carboxylic acids is 1. The smallest absolute Gasteiger partial charge is 0.302 e. The highest BCUT2D eigenvalue weighted by Crippen LogP contribution is 2.42. The van der Waals surface area contributed by atoms with Gasteiger partial charge in [0.2, 0.25) is 5.36 Å². The molecule has 0 bridgehead atoms. The zero-order chi connectivity index (χ0) is 36.3. The number of rotatable bonds is 11. The average molecular weight is 683 g/mol. The number of fused-ring (bicyclic) bond motifs is 2. The molecule has 0 saturated heterocycles. The van der Waals surface area contributed by atoms with Crippen molar-refractivity contribution >= 4 is 34.6 Å². The molecule has 1 aliphatic carbocycles. The molecule has 0 radical (unpaired) electrons. The number of carbonyl (C=O) groups excluding carboxylic acids is 2. The Morgan fingerprint density at radius 1 is 0.843 bits per heavy atom. The molecule has 51 heavy (non-hydrogen) atoms. The van der Waals surface area contributed by atoms with Crippen molar-refractivity contribution in [1.29, 1.82) is 0 Å². The van der Waals surface area contributed by atoms with E-state index in [9.17, 15) is 14.7 Å². The third-order valence-electron chi connectivity index (χ3n) is 8.10. The predicted octanol–water partition coefficient (Wildman–Crippen LogP) is 6.34. The van der Waals surface area contributed by atoms with Crippen LogP contribution in [0, 0.1) is 0 Å². The third-order valence-corrected chi connectivity index (χ3v) is 8.10. The van der Waals surface area contributed by atoms with Crippen LogP contribution in [0.3, 0.4) is 0 Å². The quantitative estimate of drug-likeness (QED) is 0.0954. The van der Waals surface area contributed by atoms with E-state index in [-0.39, 0.29) is 18.1 Å². The molecule has 6 rings (SSSR count). The van der Waals surface area contributed by atoms with Crippen LogP contribution in [0.5, 0.6) is 0 Å². The molecule has 0 saturated carbocycles. The van der Waals surface area contributed by atoms with Gasteiger partial charge in [-0.1, -0.05) is 91.5 Å². The van der Waals surface area contributed by atoms with E-state index in [2.05, 4.69) is 35.4 Å².